The van der Waals surface area contributed by atoms with E-state index >= 15 is 0 Å². The van der Waals surface area contributed by atoms with Crippen LogP contribution in [0.25, 0.3) is 10.9 Å². The van der Waals surface area contributed by atoms with Crippen molar-refractivity contribution in [2.45, 2.75) is 33.1 Å². The first-order valence-corrected chi connectivity index (χ1v) is 5.46. The number of hydrogen-bond acceptors (Lipinski definition) is 2. The quantitative estimate of drug-likeness (QED) is 0.743. The molecule has 15 heavy (non-hydrogen) atoms. The lowest BCUT2D eigenvalue weighted by molar-refractivity contribution is 0.828. The molecule has 0 unspecified atom stereocenters. The van der Waals surface area contributed by atoms with E-state index in [9.17, 15) is 0 Å². The lowest BCUT2D eigenvalue weighted by atomic mass is 10.0. The molecule has 2 aromatic rings. The summed E-state index contributed by atoms with van der Waals surface area (Å²) in [6, 6.07) is 6.44. The molecule has 1 aromatic heterocycles. The van der Waals surface area contributed by atoms with Crippen LogP contribution in [0.4, 0.5) is 0 Å². The molecule has 1 heterocycles. The fourth-order valence-electron chi connectivity index (χ4n) is 1.80. The van der Waals surface area contributed by atoms with E-state index in [1.54, 1.807) is 6.33 Å². The van der Waals surface area contributed by atoms with Gasteiger partial charge >= 0.3 is 0 Å². The van der Waals surface area contributed by atoms with E-state index in [1.807, 2.05) is 0 Å². The normalized spacial score (nSPS) is 11.2. The third-order valence-electron chi connectivity index (χ3n) is 2.69. The summed E-state index contributed by atoms with van der Waals surface area (Å²) >= 11 is 0. The number of hydrogen-bond donors (Lipinski definition) is 0. The molecule has 1 aromatic carbocycles. The third kappa shape index (κ3) is 1.84. The molecular weight excluding hydrogens is 184 g/mol. The summed E-state index contributed by atoms with van der Waals surface area (Å²) in [5.74, 6) is 0.447. The Morgan fingerprint density at radius 1 is 1.20 bits per heavy atom. The highest BCUT2D eigenvalue weighted by atomic mass is 14.8. The largest absolute Gasteiger partial charge is 0.240 e. The zero-order valence-electron chi connectivity index (χ0n) is 9.49. The highest BCUT2D eigenvalue weighted by Gasteiger charge is 2.07. The van der Waals surface area contributed by atoms with Gasteiger partial charge < -0.3 is 0 Å². The summed E-state index contributed by atoms with van der Waals surface area (Å²) in [6.45, 7) is 6.50. The maximum absolute atomic E-state index is 4.37. The van der Waals surface area contributed by atoms with Gasteiger partial charge in [-0.3, -0.25) is 0 Å². The van der Waals surface area contributed by atoms with Crippen molar-refractivity contribution in [3.05, 3.63) is 35.8 Å². The zero-order valence-corrected chi connectivity index (χ0v) is 9.49. The van der Waals surface area contributed by atoms with Gasteiger partial charge in [0.05, 0.1) is 11.2 Å². The van der Waals surface area contributed by atoms with Crippen LogP contribution >= 0.6 is 0 Å². The second kappa shape index (κ2) is 3.97. The Balaban J connectivity index is 2.70. The summed E-state index contributed by atoms with van der Waals surface area (Å²) < 4.78 is 0. The van der Waals surface area contributed by atoms with Crippen LogP contribution in [0.15, 0.2) is 24.5 Å². The molecule has 0 aliphatic heterocycles. The minimum Gasteiger partial charge on any atom is -0.240 e. The Bertz CT molecular complexity index is 475. The first-order valence-electron chi connectivity index (χ1n) is 5.46. The minimum atomic E-state index is 0.447. The highest BCUT2D eigenvalue weighted by molar-refractivity contribution is 5.81. The van der Waals surface area contributed by atoms with Crippen molar-refractivity contribution < 1.29 is 0 Å². The van der Waals surface area contributed by atoms with Crippen molar-refractivity contribution in [2.24, 2.45) is 0 Å². The van der Waals surface area contributed by atoms with E-state index in [0.29, 0.717) is 5.92 Å². The predicted octanol–water partition coefficient (Wildman–Crippen LogP) is 3.32. The van der Waals surface area contributed by atoms with Gasteiger partial charge in [0.25, 0.3) is 0 Å². The molecule has 2 heteroatoms. The van der Waals surface area contributed by atoms with Crippen LogP contribution in [-0.2, 0) is 6.42 Å². The summed E-state index contributed by atoms with van der Waals surface area (Å²) in [6.07, 6.45) is 2.71. The Kier molecular flexibility index (Phi) is 2.67. The van der Waals surface area contributed by atoms with E-state index in [1.165, 1.54) is 10.9 Å². The van der Waals surface area contributed by atoms with Crippen molar-refractivity contribution in [1.82, 2.24) is 9.97 Å². The molecule has 0 bridgehead atoms. The fraction of sp³-hybridized carbons (Fsp3) is 0.385. The minimum absolute atomic E-state index is 0.447. The Labute approximate surface area is 90.4 Å². The maximum atomic E-state index is 4.37. The summed E-state index contributed by atoms with van der Waals surface area (Å²) in [5.41, 5.74) is 3.54. The van der Waals surface area contributed by atoms with Crippen LogP contribution in [-0.4, -0.2) is 9.97 Å². The second-order valence-electron chi connectivity index (χ2n) is 4.12. The SMILES string of the molecule is CCc1ccc2ncnc(C(C)C)c2c1. The smallest absolute Gasteiger partial charge is 0.116 e. The van der Waals surface area contributed by atoms with E-state index < -0.39 is 0 Å². The number of nitrogens with zero attached hydrogens (tertiary/aromatic N) is 2. The van der Waals surface area contributed by atoms with Crippen LogP contribution in [0.5, 0.6) is 0 Å². The lowest BCUT2D eigenvalue weighted by Crippen LogP contribution is -1.96. The maximum Gasteiger partial charge on any atom is 0.116 e. The molecule has 0 saturated carbocycles. The Hall–Kier alpha value is -1.44. The molecule has 2 rings (SSSR count). The molecule has 0 atom stereocenters. The molecule has 2 nitrogen and oxygen atoms in total. The van der Waals surface area contributed by atoms with Crippen molar-refractivity contribution >= 4 is 10.9 Å². The van der Waals surface area contributed by atoms with Gasteiger partial charge in [0.1, 0.15) is 6.33 Å². The van der Waals surface area contributed by atoms with Gasteiger partial charge in [-0.25, -0.2) is 9.97 Å². The predicted molar refractivity (Wildman–Crippen MR) is 63.0 cm³/mol. The fourth-order valence-corrected chi connectivity index (χ4v) is 1.80. The standard InChI is InChI=1S/C13H16N2/c1-4-10-5-6-12-11(7-10)13(9(2)3)15-8-14-12/h5-9H,4H2,1-3H3. The van der Waals surface area contributed by atoms with E-state index in [4.69, 9.17) is 0 Å². The van der Waals surface area contributed by atoms with Gasteiger partial charge in [-0.05, 0) is 30.0 Å². The molecular formula is C13H16N2. The molecule has 0 N–H and O–H groups in total. The van der Waals surface area contributed by atoms with Gasteiger partial charge in [-0.15, -0.1) is 0 Å². The van der Waals surface area contributed by atoms with Gasteiger partial charge in [0, 0.05) is 5.39 Å². The lowest BCUT2D eigenvalue weighted by Gasteiger charge is -2.08. The second-order valence-corrected chi connectivity index (χ2v) is 4.12. The molecule has 0 radical (unpaired) electrons. The molecule has 0 amide bonds. The van der Waals surface area contributed by atoms with Gasteiger partial charge in [0.2, 0.25) is 0 Å². The average molecular weight is 200 g/mol. The van der Waals surface area contributed by atoms with Crippen LogP contribution in [0.1, 0.15) is 37.9 Å². The third-order valence-corrected chi connectivity index (χ3v) is 2.69. The molecule has 78 valence electrons. The number of benzene rings is 1. The van der Waals surface area contributed by atoms with E-state index in [0.717, 1.165) is 17.6 Å². The molecule has 0 saturated heterocycles. The number of fused-ring (bicyclic) bond motifs is 1. The van der Waals surface area contributed by atoms with Crippen LogP contribution in [0.2, 0.25) is 0 Å². The molecule has 0 fully saturated rings. The number of aromatic nitrogens is 2. The van der Waals surface area contributed by atoms with Gasteiger partial charge in [-0.1, -0.05) is 26.8 Å². The average Bonchev–Trinajstić information content (AvgIpc) is 2.27. The van der Waals surface area contributed by atoms with Crippen LogP contribution < -0.4 is 0 Å². The van der Waals surface area contributed by atoms with Gasteiger partial charge in [0.15, 0.2) is 0 Å². The van der Waals surface area contributed by atoms with Crippen molar-refractivity contribution in [1.29, 1.82) is 0 Å². The topological polar surface area (TPSA) is 25.8 Å². The zero-order chi connectivity index (χ0) is 10.8. The number of rotatable bonds is 2. The molecule has 0 aliphatic carbocycles. The summed E-state index contributed by atoms with van der Waals surface area (Å²) in [7, 11) is 0. The van der Waals surface area contributed by atoms with Crippen LogP contribution in [0.3, 0.4) is 0 Å². The van der Waals surface area contributed by atoms with Crippen molar-refractivity contribution in [3.8, 4) is 0 Å². The molecule has 0 aliphatic rings. The first kappa shape index (κ1) is 10.1. The van der Waals surface area contributed by atoms with Crippen molar-refractivity contribution in [3.63, 3.8) is 0 Å². The summed E-state index contributed by atoms with van der Waals surface area (Å²) in [4.78, 5) is 8.66. The van der Waals surface area contributed by atoms with Crippen molar-refractivity contribution in [2.75, 3.05) is 0 Å². The monoisotopic (exact) mass is 200 g/mol. The van der Waals surface area contributed by atoms with E-state index in [-0.39, 0.29) is 0 Å². The Morgan fingerprint density at radius 3 is 2.67 bits per heavy atom. The summed E-state index contributed by atoms with van der Waals surface area (Å²) in [5, 5.41) is 1.20. The molecule has 0 spiro atoms. The van der Waals surface area contributed by atoms with Gasteiger partial charge in [-0.2, -0.15) is 0 Å². The van der Waals surface area contributed by atoms with Crippen LogP contribution in [0, 0.1) is 0 Å². The highest BCUT2D eigenvalue weighted by Crippen LogP contribution is 2.22. The van der Waals surface area contributed by atoms with E-state index in [2.05, 4.69) is 48.9 Å². The Morgan fingerprint density at radius 2 is 2.00 bits per heavy atom. The number of aryl methyl sites for hydroxylation is 1. The first-order chi connectivity index (χ1) is 7.22.